The second-order valence-electron chi connectivity index (χ2n) is 5.61. The van der Waals surface area contributed by atoms with E-state index in [0.29, 0.717) is 5.56 Å². The first-order valence-electron chi connectivity index (χ1n) is 6.35. The van der Waals surface area contributed by atoms with Crippen LogP contribution in [-0.4, -0.2) is 11.6 Å². The predicted molar refractivity (Wildman–Crippen MR) is 87.4 cm³/mol. The van der Waals surface area contributed by atoms with E-state index in [4.69, 9.17) is 4.74 Å². The van der Waals surface area contributed by atoms with Crippen LogP contribution in [0.15, 0.2) is 34.1 Å². The van der Waals surface area contributed by atoms with Gasteiger partial charge in [0.2, 0.25) is 0 Å². The zero-order chi connectivity index (χ0) is 14.9. The number of benzene rings is 1. The Morgan fingerprint density at radius 1 is 1.20 bits per heavy atom. The zero-order valence-corrected chi connectivity index (χ0v) is 14.4. The molecule has 0 saturated carbocycles. The monoisotopic (exact) mass is 352 g/mol. The van der Waals surface area contributed by atoms with E-state index in [1.54, 1.807) is 11.3 Å². The van der Waals surface area contributed by atoms with Crippen molar-refractivity contribution >= 4 is 33.2 Å². The van der Waals surface area contributed by atoms with Crippen LogP contribution in [0.5, 0.6) is 0 Å². The Kier molecular flexibility index (Phi) is 4.35. The SMILES string of the molecule is Cc1c(C(=O)OC(C)(C)C)csc1-c1ccc(Br)cc1. The first-order chi connectivity index (χ1) is 9.28. The number of rotatable bonds is 2. The van der Waals surface area contributed by atoms with Gasteiger partial charge in [-0.25, -0.2) is 4.79 Å². The average Bonchev–Trinajstić information content (AvgIpc) is 2.70. The second-order valence-corrected chi connectivity index (χ2v) is 7.41. The first kappa shape index (κ1) is 15.3. The number of ether oxygens (including phenoxy) is 1. The topological polar surface area (TPSA) is 26.3 Å². The Morgan fingerprint density at radius 2 is 1.80 bits per heavy atom. The Bertz CT molecular complexity index is 621. The molecule has 2 aromatic rings. The van der Waals surface area contributed by atoms with Crippen molar-refractivity contribution in [2.75, 3.05) is 0 Å². The summed E-state index contributed by atoms with van der Waals surface area (Å²) in [5.41, 5.74) is 2.28. The number of carbonyl (C=O) groups is 1. The van der Waals surface area contributed by atoms with Gasteiger partial charge in [-0.3, -0.25) is 0 Å². The largest absolute Gasteiger partial charge is 0.456 e. The van der Waals surface area contributed by atoms with Crippen LogP contribution >= 0.6 is 27.3 Å². The van der Waals surface area contributed by atoms with Crippen molar-refractivity contribution < 1.29 is 9.53 Å². The molecule has 2 rings (SSSR count). The zero-order valence-electron chi connectivity index (χ0n) is 12.0. The summed E-state index contributed by atoms with van der Waals surface area (Å²) in [5.74, 6) is -0.255. The van der Waals surface area contributed by atoms with E-state index in [2.05, 4.69) is 15.9 Å². The van der Waals surface area contributed by atoms with E-state index < -0.39 is 5.60 Å². The number of halogens is 1. The van der Waals surface area contributed by atoms with Gasteiger partial charge < -0.3 is 4.74 Å². The van der Waals surface area contributed by atoms with Crippen molar-refractivity contribution in [1.29, 1.82) is 0 Å². The lowest BCUT2D eigenvalue weighted by atomic mass is 10.1. The fourth-order valence-electron chi connectivity index (χ4n) is 1.84. The van der Waals surface area contributed by atoms with Crippen molar-refractivity contribution in [1.82, 2.24) is 0 Å². The maximum Gasteiger partial charge on any atom is 0.339 e. The minimum absolute atomic E-state index is 0.255. The highest BCUT2D eigenvalue weighted by Gasteiger charge is 2.22. The molecule has 0 aliphatic rings. The summed E-state index contributed by atoms with van der Waals surface area (Å²) in [6.07, 6.45) is 0. The van der Waals surface area contributed by atoms with E-state index >= 15 is 0 Å². The van der Waals surface area contributed by atoms with Crippen LogP contribution in [-0.2, 0) is 4.74 Å². The van der Waals surface area contributed by atoms with Crippen LogP contribution in [0, 0.1) is 6.92 Å². The number of hydrogen-bond donors (Lipinski definition) is 0. The van der Waals surface area contributed by atoms with Gasteiger partial charge in [0.25, 0.3) is 0 Å². The lowest BCUT2D eigenvalue weighted by molar-refractivity contribution is 0.00694. The molecule has 0 N–H and O–H groups in total. The summed E-state index contributed by atoms with van der Waals surface area (Å²) < 4.78 is 6.48. The van der Waals surface area contributed by atoms with Crippen molar-refractivity contribution in [3.63, 3.8) is 0 Å². The number of esters is 1. The fourth-order valence-corrected chi connectivity index (χ4v) is 3.17. The van der Waals surface area contributed by atoms with E-state index in [1.165, 1.54) is 0 Å². The molecule has 20 heavy (non-hydrogen) atoms. The van der Waals surface area contributed by atoms with Gasteiger partial charge >= 0.3 is 5.97 Å². The molecule has 2 nitrogen and oxygen atoms in total. The highest BCUT2D eigenvalue weighted by Crippen LogP contribution is 2.33. The molecule has 0 fully saturated rings. The third-order valence-electron chi connectivity index (χ3n) is 2.76. The second kappa shape index (κ2) is 5.70. The van der Waals surface area contributed by atoms with Crippen LogP contribution in [0.25, 0.3) is 10.4 Å². The van der Waals surface area contributed by atoms with Crippen LogP contribution in [0.4, 0.5) is 0 Å². The summed E-state index contributed by atoms with van der Waals surface area (Å²) in [7, 11) is 0. The molecule has 0 aliphatic carbocycles. The van der Waals surface area contributed by atoms with Crippen LogP contribution in [0.1, 0.15) is 36.7 Å². The lowest BCUT2D eigenvalue weighted by Gasteiger charge is -2.19. The van der Waals surface area contributed by atoms with Gasteiger partial charge in [0, 0.05) is 14.7 Å². The van der Waals surface area contributed by atoms with Crippen molar-refractivity contribution in [3.05, 3.63) is 45.2 Å². The van der Waals surface area contributed by atoms with Crippen molar-refractivity contribution in [2.24, 2.45) is 0 Å². The standard InChI is InChI=1S/C16H17BrO2S/c1-10-13(15(18)19-16(2,3)4)9-20-14(10)11-5-7-12(17)8-6-11/h5-9H,1-4H3. The Labute approximate surface area is 131 Å². The van der Waals surface area contributed by atoms with Crippen molar-refractivity contribution in [3.8, 4) is 10.4 Å². The maximum absolute atomic E-state index is 12.2. The molecular weight excluding hydrogens is 336 g/mol. The van der Waals surface area contributed by atoms with Gasteiger partial charge in [-0.2, -0.15) is 0 Å². The first-order valence-corrected chi connectivity index (χ1v) is 8.02. The third-order valence-corrected chi connectivity index (χ3v) is 4.42. The molecular formula is C16H17BrO2S. The summed E-state index contributed by atoms with van der Waals surface area (Å²) in [5, 5.41) is 1.88. The maximum atomic E-state index is 12.2. The number of hydrogen-bond acceptors (Lipinski definition) is 3. The molecule has 0 radical (unpaired) electrons. The van der Waals surface area contributed by atoms with E-state index in [1.807, 2.05) is 57.3 Å². The Balaban J connectivity index is 2.32. The summed E-state index contributed by atoms with van der Waals surface area (Å²) in [6, 6.07) is 8.09. The van der Waals surface area contributed by atoms with E-state index in [-0.39, 0.29) is 5.97 Å². The molecule has 1 heterocycles. The normalized spacial score (nSPS) is 11.4. The molecule has 0 amide bonds. The quantitative estimate of drug-likeness (QED) is 0.672. The number of thiophene rings is 1. The molecule has 0 aliphatic heterocycles. The van der Waals surface area contributed by atoms with Gasteiger partial charge in [-0.1, -0.05) is 28.1 Å². The molecule has 0 spiro atoms. The highest BCUT2D eigenvalue weighted by molar-refractivity contribution is 9.10. The van der Waals surface area contributed by atoms with Gasteiger partial charge in [0.05, 0.1) is 5.56 Å². The molecule has 0 atom stereocenters. The van der Waals surface area contributed by atoms with E-state index in [0.717, 1.165) is 20.5 Å². The number of carbonyl (C=O) groups excluding carboxylic acids is 1. The van der Waals surface area contributed by atoms with E-state index in [9.17, 15) is 4.79 Å². The lowest BCUT2D eigenvalue weighted by Crippen LogP contribution is -2.24. The van der Waals surface area contributed by atoms with Gasteiger partial charge in [-0.05, 0) is 51.0 Å². The molecule has 1 aromatic heterocycles. The Hall–Kier alpha value is -1.13. The van der Waals surface area contributed by atoms with Crippen LogP contribution in [0.2, 0.25) is 0 Å². The van der Waals surface area contributed by atoms with Crippen LogP contribution in [0.3, 0.4) is 0 Å². The highest BCUT2D eigenvalue weighted by atomic mass is 79.9. The molecule has 1 aromatic carbocycles. The molecule has 0 unspecified atom stereocenters. The van der Waals surface area contributed by atoms with Gasteiger partial charge in [0.15, 0.2) is 0 Å². The van der Waals surface area contributed by atoms with Gasteiger partial charge in [0.1, 0.15) is 5.60 Å². The third kappa shape index (κ3) is 3.49. The van der Waals surface area contributed by atoms with Crippen LogP contribution < -0.4 is 0 Å². The average molecular weight is 353 g/mol. The molecule has 0 saturated heterocycles. The smallest absolute Gasteiger partial charge is 0.339 e. The van der Waals surface area contributed by atoms with Gasteiger partial charge in [-0.15, -0.1) is 11.3 Å². The summed E-state index contributed by atoms with van der Waals surface area (Å²) in [6.45, 7) is 7.60. The predicted octanol–water partition coefficient (Wildman–Crippen LogP) is 5.44. The molecule has 106 valence electrons. The fraction of sp³-hybridized carbons (Fsp3) is 0.312. The van der Waals surface area contributed by atoms with Crippen molar-refractivity contribution in [2.45, 2.75) is 33.3 Å². The molecule has 4 heteroatoms. The Morgan fingerprint density at radius 3 is 2.35 bits per heavy atom. The molecule has 0 bridgehead atoms. The minimum Gasteiger partial charge on any atom is -0.456 e. The minimum atomic E-state index is -0.469. The summed E-state index contributed by atoms with van der Waals surface area (Å²) in [4.78, 5) is 13.3. The summed E-state index contributed by atoms with van der Waals surface area (Å²) >= 11 is 5.00.